The third kappa shape index (κ3) is 3.10. The molecule has 1 aliphatic rings. The van der Waals surface area contributed by atoms with Crippen LogP contribution in [0.25, 0.3) is 0 Å². The van der Waals surface area contributed by atoms with Gasteiger partial charge in [-0.25, -0.2) is 4.79 Å². The monoisotopic (exact) mass is 265 g/mol. The highest BCUT2D eigenvalue weighted by Crippen LogP contribution is 2.38. The van der Waals surface area contributed by atoms with Crippen LogP contribution < -0.4 is 14.8 Å². The molecule has 0 fully saturated rings. The highest BCUT2D eigenvalue weighted by molar-refractivity contribution is 5.87. The Balaban J connectivity index is 2.25. The van der Waals surface area contributed by atoms with Gasteiger partial charge in [0.25, 0.3) is 0 Å². The second kappa shape index (κ2) is 5.82. The van der Waals surface area contributed by atoms with E-state index in [0.29, 0.717) is 24.7 Å². The van der Waals surface area contributed by atoms with Crippen LogP contribution in [0.15, 0.2) is 12.1 Å². The standard InChI is InChI=1S/C14H19NO4/c1-4-17-13-7-10-6-9(3)19-12(10)8-11(13)15-14(16)18-5-2/h7-9H,4-6H2,1-3H3,(H,15,16). The molecule has 104 valence electrons. The van der Waals surface area contributed by atoms with Crippen LogP contribution in [0.5, 0.6) is 11.5 Å². The van der Waals surface area contributed by atoms with Crippen LogP contribution in [0.2, 0.25) is 0 Å². The van der Waals surface area contributed by atoms with Crippen molar-refractivity contribution in [3.05, 3.63) is 17.7 Å². The molecule has 5 heteroatoms. The number of hydrogen-bond acceptors (Lipinski definition) is 4. The SMILES string of the molecule is CCOC(=O)Nc1cc2c(cc1OCC)CC(C)O2. The lowest BCUT2D eigenvalue weighted by molar-refractivity contribution is 0.167. The lowest BCUT2D eigenvalue weighted by atomic mass is 10.1. The molecule has 1 aromatic carbocycles. The summed E-state index contributed by atoms with van der Waals surface area (Å²) in [5.74, 6) is 1.44. The fourth-order valence-electron chi connectivity index (χ4n) is 2.09. The van der Waals surface area contributed by atoms with Crippen LogP contribution >= 0.6 is 0 Å². The maximum absolute atomic E-state index is 11.5. The summed E-state index contributed by atoms with van der Waals surface area (Å²) in [5, 5.41) is 2.67. The van der Waals surface area contributed by atoms with E-state index in [1.807, 2.05) is 19.9 Å². The summed E-state index contributed by atoms with van der Waals surface area (Å²) < 4.78 is 16.1. The fraction of sp³-hybridized carbons (Fsp3) is 0.500. The van der Waals surface area contributed by atoms with Gasteiger partial charge in [-0.1, -0.05) is 0 Å². The molecule has 1 heterocycles. The molecular weight excluding hydrogens is 246 g/mol. The molecule has 5 nitrogen and oxygen atoms in total. The average Bonchev–Trinajstić information content (AvgIpc) is 2.69. The lowest BCUT2D eigenvalue weighted by Gasteiger charge is -2.13. The number of hydrogen-bond donors (Lipinski definition) is 1. The minimum absolute atomic E-state index is 0.155. The van der Waals surface area contributed by atoms with Crippen molar-refractivity contribution >= 4 is 11.8 Å². The molecule has 2 rings (SSSR count). The van der Waals surface area contributed by atoms with Crippen molar-refractivity contribution in [2.24, 2.45) is 0 Å². The number of rotatable bonds is 4. The van der Waals surface area contributed by atoms with Crippen molar-refractivity contribution in [1.82, 2.24) is 0 Å². The van der Waals surface area contributed by atoms with Gasteiger partial charge >= 0.3 is 6.09 Å². The van der Waals surface area contributed by atoms with Crippen molar-refractivity contribution in [3.63, 3.8) is 0 Å². The topological polar surface area (TPSA) is 56.8 Å². The van der Waals surface area contributed by atoms with Crippen LogP contribution in [0, 0.1) is 0 Å². The van der Waals surface area contributed by atoms with Crippen LogP contribution in [0.1, 0.15) is 26.3 Å². The summed E-state index contributed by atoms with van der Waals surface area (Å²) in [4.78, 5) is 11.5. The van der Waals surface area contributed by atoms with E-state index in [1.165, 1.54) is 0 Å². The maximum Gasteiger partial charge on any atom is 0.411 e. The van der Waals surface area contributed by atoms with Gasteiger partial charge in [-0.05, 0) is 26.8 Å². The first-order chi connectivity index (χ1) is 9.13. The van der Waals surface area contributed by atoms with E-state index in [0.717, 1.165) is 17.7 Å². The van der Waals surface area contributed by atoms with Crippen molar-refractivity contribution in [2.75, 3.05) is 18.5 Å². The minimum atomic E-state index is -0.491. The lowest BCUT2D eigenvalue weighted by Crippen LogP contribution is -2.14. The molecule has 1 unspecified atom stereocenters. The zero-order valence-electron chi connectivity index (χ0n) is 11.5. The van der Waals surface area contributed by atoms with Crippen LogP contribution in [0.4, 0.5) is 10.5 Å². The molecule has 0 radical (unpaired) electrons. The number of nitrogens with one attached hydrogen (secondary N) is 1. The Bertz CT molecular complexity index is 473. The molecule has 0 saturated heterocycles. The summed E-state index contributed by atoms with van der Waals surface area (Å²) in [6.07, 6.45) is 0.520. The van der Waals surface area contributed by atoms with Gasteiger partial charge in [-0.2, -0.15) is 0 Å². The molecular formula is C14H19NO4. The summed E-state index contributed by atoms with van der Waals surface area (Å²) in [6, 6.07) is 3.71. The smallest absolute Gasteiger partial charge is 0.411 e. The first kappa shape index (κ1) is 13.5. The summed E-state index contributed by atoms with van der Waals surface area (Å²) in [5.41, 5.74) is 1.68. The van der Waals surface area contributed by atoms with Gasteiger partial charge in [0.2, 0.25) is 0 Å². The van der Waals surface area contributed by atoms with Gasteiger partial charge in [0.15, 0.2) is 0 Å². The second-order valence-corrected chi connectivity index (χ2v) is 4.37. The van der Waals surface area contributed by atoms with Crippen molar-refractivity contribution < 1.29 is 19.0 Å². The van der Waals surface area contributed by atoms with Gasteiger partial charge in [-0.15, -0.1) is 0 Å². The molecule has 0 saturated carbocycles. The number of carbonyl (C=O) groups excluding carboxylic acids is 1. The van der Waals surface area contributed by atoms with E-state index in [4.69, 9.17) is 14.2 Å². The number of anilines is 1. The van der Waals surface area contributed by atoms with Gasteiger partial charge in [0, 0.05) is 18.1 Å². The molecule has 1 N–H and O–H groups in total. The second-order valence-electron chi connectivity index (χ2n) is 4.37. The predicted octanol–water partition coefficient (Wildman–Crippen LogP) is 2.98. The Hall–Kier alpha value is -1.91. The third-order valence-electron chi connectivity index (χ3n) is 2.81. The average molecular weight is 265 g/mol. The molecule has 0 aliphatic carbocycles. The number of ether oxygens (including phenoxy) is 3. The largest absolute Gasteiger partial charge is 0.492 e. The number of fused-ring (bicyclic) bond motifs is 1. The molecule has 1 aliphatic heterocycles. The summed E-state index contributed by atoms with van der Waals surface area (Å²) in [7, 11) is 0. The molecule has 1 atom stereocenters. The van der Waals surface area contributed by atoms with Gasteiger partial charge < -0.3 is 14.2 Å². The Morgan fingerprint density at radius 2 is 2.21 bits per heavy atom. The van der Waals surface area contributed by atoms with E-state index in [2.05, 4.69) is 5.32 Å². The molecule has 19 heavy (non-hydrogen) atoms. The Morgan fingerprint density at radius 1 is 1.42 bits per heavy atom. The molecule has 0 aromatic heterocycles. The number of benzene rings is 1. The van der Waals surface area contributed by atoms with Gasteiger partial charge in [-0.3, -0.25) is 5.32 Å². The normalized spacial score (nSPS) is 16.5. The van der Waals surface area contributed by atoms with Crippen molar-refractivity contribution in [3.8, 4) is 11.5 Å². The van der Waals surface area contributed by atoms with Gasteiger partial charge in [0.05, 0.1) is 18.9 Å². The zero-order valence-corrected chi connectivity index (χ0v) is 11.5. The Morgan fingerprint density at radius 3 is 2.89 bits per heavy atom. The summed E-state index contributed by atoms with van der Waals surface area (Å²) in [6.45, 7) is 6.54. The van der Waals surface area contributed by atoms with Crippen LogP contribution in [-0.2, 0) is 11.2 Å². The highest BCUT2D eigenvalue weighted by Gasteiger charge is 2.22. The maximum atomic E-state index is 11.5. The molecule has 1 amide bonds. The van der Waals surface area contributed by atoms with E-state index in [9.17, 15) is 4.79 Å². The van der Waals surface area contributed by atoms with Crippen molar-refractivity contribution in [1.29, 1.82) is 0 Å². The molecule has 0 bridgehead atoms. The van der Waals surface area contributed by atoms with E-state index in [-0.39, 0.29) is 6.10 Å². The number of carbonyl (C=O) groups is 1. The van der Waals surface area contributed by atoms with Gasteiger partial charge in [0.1, 0.15) is 17.6 Å². The molecule has 0 spiro atoms. The fourth-order valence-corrected chi connectivity index (χ4v) is 2.09. The molecule has 1 aromatic rings. The van der Waals surface area contributed by atoms with Crippen molar-refractivity contribution in [2.45, 2.75) is 33.3 Å². The number of amides is 1. The Labute approximate surface area is 112 Å². The first-order valence-electron chi connectivity index (χ1n) is 6.54. The summed E-state index contributed by atoms with van der Waals surface area (Å²) >= 11 is 0. The van der Waals surface area contributed by atoms with E-state index in [1.54, 1.807) is 13.0 Å². The first-order valence-corrected chi connectivity index (χ1v) is 6.54. The third-order valence-corrected chi connectivity index (χ3v) is 2.81. The Kier molecular flexibility index (Phi) is 4.14. The zero-order chi connectivity index (χ0) is 13.8. The van der Waals surface area contributed by atoms with Crippen LogP contribution in [0.3, 0.4) is 0 Å². The highest BCUT2D eigenvalue weighted by atomic mass is 16.5. The predicted molar refractivity (Wildman–Crippen MR) is 72.0 cm³/mol. The van der Waals surface area contributed by atoms with E-state index >= 15 is 0 Å². The minimum Gasteiger partial charge on any atom is -0.492 e. The quantitative estimate of drug-likeness (QED) is 0.909. The van der Waals surface area contributed by atoms with E-state index < -0.39 is 6.09 Å². The van der Waals surface area contributed by atoms with Crippen LogP contribution in [-0.4, -0.2) is 25.4 Å².